The molecule has 0 aromatic heterocycles. The van der Waals surface area contributed by atoms with E-state index in [0.717, 1.165) is 22.4 Å². The molecule has 0 spiro atoms. The van der Waals surface area contributed by atoms with Gasteiger partial charge in [-0.3, -0.25) is 10.1 Å². The van der Waals surface area contributed by atoms with Gasteiger partial charge in [0.25, 0.3) is 5.69 Å². The van der Waals surface area contributed by atoms with E-state index < -0.39 is 10.6 Å². The van der Waals surface area contributed by atoms with Crippen LogP contribution in [0.25, 0.3) is 0 Å². The van der Waals surface area contributed by atoms with Crippen LogP contribution in [0.5, 0.6) is 5.75 Å². The van der Waals surface area contributed by atoms with E-state index in [9.17, 15) is 10.1 Å². The highest BCUT2D eigenvalue weighted by Gasteiger charge is 2.49. The van der Waals surface area contributed by atoms with Gasteiger partial charge in [-0.25, -0.2) is 5.01 Å². The molecule has 0 amide bonds. The molecule has 5 rings (SSSR count). The smallest absolute Gasteiger partial charge is 0.269 e. The fraction of sp³-hybridized carbons (Fsp3) is 0.174. The third-order valence-electron chi connectivity index (χ3n) is 5.77. The molecule has 0 saturated heterocycles. The number of halogens is 2. The fourth-order valence-corrected chi connectivity index (χ4v) is 4.76. The van der Waals surface area contributed by atoms with Gasteiger partial charge in [-0.1, -0.05) is 53.5 Å². The van der Waals surface area contributed by atoms with Crippen molar-refractivity contribution in [2.24, 2.45) is 5.10 Å². The molecular formula is C23H17Cl2N3O3. The van der Waals surface area contributed by atoms with E-state index >= 15 is 0 Å². The highest BCUT2D eigenvalue weighted by atomic mass is 35.5. The van der Waals surface area contributed by atoms with E-state index in [0.29, 0.717) is 22.2 Å². The van der Waals surface area contributed by atoms with Crippen LogP contribution in [-0.4, -0.2) is 15.6 Å². The Bertz CT molecular complexity index is 1210. The zero-order valence-corrected chi connectivity index (χ0v) is 18.0. The monoisotopic (exact) mass is 453 g/mol. The highest BCUT2D eigenvalue weighted by molar-refractivity contribution is 6.35. The summed E-state index contributed by atoms with van der Waals surface area (Å²) in [6, 6.07) is 19.7. The molecule has 156 valence electrons. The molecule has 0 unspecified atom stereocenters. The molecule has 2 heterocycles. The van der Waals surface area contributed by atoms with Crippen LogP contribution in [0.1, 0.15) is 36.1 Å². The van der Waals surface area contributed by atoms with E-state index in [4.69, 9.17) is 33.0 Å². The number of nitro benzene ring substituents is 1. The predicted octanol–water partition coefficient (Wildman–Crippen LogP) is 6.32. The molecule has 2 aliphatic heterocycles. The average molecular weight is 454 g/mol. The number of non-ortho nitro benzene ring substituents is 1. The summed E-state index contributed by atoms with van der Waals surface area (Å²) in [4.78, 5) is 10.7. The number of hydrazone groups is 1. The van der Waals surface area contributed by atoms with Gasteiger partial charge in [0, 0.05) is 41.6 Å². The molecule has 2 aliphatic rings. The quantitative estimate of drug-likeness (QED) is 0.343. The lowest BCUT2D eigenvalue weighted by atomic mass is 9.92. The van der Waals surface area contributed by atoms with Gasteiger partial charge < -0.3 is 4.74 Å². The Balaban J connectivity index is 1.67. The minimum absolute atomic E-state index is 0.0137. The molecule has 0 radical (unpaired) electrons. The summed E-state index contributed by atoms with van der Waals surface area (Å²) < 4.78 is 6.45. The summed E-state index contributed by atoms with van der Waals surface area (Å²) >= 11 is 12.8. The number of nitro groups is 1. The normalized spacial score (nSPS) is 21.7. The van der Waals surface area contributed by atoms with Gasteiger partial charge in [0.05, 0.1) is 21.7 Å². The van der Waals surface area contributed by atoms with Crippen molar-refractivity contribution < 1.29 is 9.66 Å². The highest BCUT2D eigenvalue weighted by Crippen LogP contribution is 2.53. The van der Waals surface area contributed by atoms with E-state index in [2.05, 4.69) is 0 Å². The number of rotatable bonds is 3. The van der Waals surface area contributed by atoms with E-state index in [1.165, 1.54) is 12.1 Å². The van der Waals surface area contributed by atoms with Gasteiger partial charge in [0.1, 0.15) is 5.75 Å². The van der Waals surface area contributed by atoms with Crippen LogP contribution in [0.15, 0.2) is 71.8 Å². The lowest BCUT2D eigenvalue weighted by Gasteiger charge is -2.46. The Hall–Kier alpha value is -3.09. The first-order valence-corrected chi connectivity index (χ1v) is 10.5. The standard InChI is InChI=1S/C23H17Cl2N3O3/c1-23(15-7-9-17(10-8-15)28(29)30)27-21(13-20(26-27)14-5-3-2-4-6-14)18-11-16(24)12-19(25)22(18)31-23/h2-12,21H,13H2,1H3/t21-,23-/m1/s1. The van der Waals surface area contributed by atoms with Crippen molar-refractivity contribution in [3.8, 4) is 5.75 Å². The lowest BCUT2D eigenvalue weighted by Crippen LogP contribution is -2.48. The number of fused-ring (bicyclic) bond motifs is 3. The first-order chi connectivity index (χ1) is 14.9. The second kappa shape index (κ2) is 7.25. The first kappa shape index (κ1) is 19.8. The Labute approximate surface area is 188 Å². The molecule has 2 atom stereocenters. The molecule has 0 aliphatic carbocycles. The molecule has 8 heteroatoms. The minimum Gasteiger partial charge on any atom is -0.461 e. The summed E-state index contributed by atoms with van der Waals surface area (Å²) in [6.07, 6.45) is 0.652. The number of hydrogen-bond acceptors (Lipinski definition) is 5. The second-order valence-electron chi connectivity index (χ2n) is 7.67. The minimum atomic E-state index is -1.01. The fourth-order valence-electron chi connectivity index (χ4n) is 4.22. The third kappa shape index (κ3) is 3.23. The van der Waals surface area contributed by atoms with Crippen LogP contribution in [0.4, 0.5) is 5.69 Å². The zero-order chi connectivity index (χ0) is 21.8. The van der Waals surface area contributed by atoms with Gasteiger partial charge in [-0.2, -0.15) is 5.10 Å². The van der Waals surface area contributed by atoms with Crippen molar-refractivity contribution in [1.29, 1.82) is 0 Å². The molecule has 0 N–H and O–H groups in total. The molecule has 0 bridgehead atoms. The molecule has 31 heavy (non-hydrogen) atoms. The maximum absolute atomic E-state index is 11.1. The average Bonchev–Trinajstić information content (AvgIpc) is 3.22. The van der Waals surface area contributed by atoms with Crippen molar-refractivity contribution in [2.45, 2.75) is 25.1 Å². The largest absolute Gasteiger partial charge is 0.461 e. The van der Waals surface area contributed by atoms with E-state index in [1.54, 1.807) is 18.2 Å². The SMILES string of the molecule is C[C@]1(c2ccc([N+](=O)[O-])cc2)Oc2c(Cl)cc(Cl)cc2[C@H]2CC(c3ccccc3)=NN21. The molecule has 3 aromatic rings. The number of benzene rings is 3. The molecule has 6 nitrogen and oxygen atoms in total. The van der Waals surface area contributed by atoms with E-state index in [1.807, 2.05) is 48.3 Å². The molecule has 0 saturated carbocycles. The van der Waals surface area contributed by atoms with Crippen LogP contribution >= 0.6 is 23.2 Å². The van der Waals surface area contributed by atoms with Crippen LogP contribution in [0.2, 0.25) is 10.0 Å². The number of nitrogens with zero attached hydrogens (tertiary/aromatic N) is 3. The maximum Gasteiger partial charge on any atom is 0.269 e. The van der Waals surface area contributed by atoms with Crippen LogP contribution in [0, 0.1) is 10.1 Å². The molecule has 3 aromatic carbocycles. The van der Waals surface area contributed by atoms with Crippen molar-refractivity contribution >= 4 is 34.6 Å². The van der Waals surface area contributed by atoms with Gasteiger partial charge in [0.2, 0.25) is 5.72 Å². The summed E-state index contributed by atoms with van der Waals surface area (Å²) in [5.74, 6) is 0.553. The van der Waals surface area contributed by atoms with Crippen molar-refractivity contribution in [3.63, 3.8) is 0 Å². The number of hydrogen-bond donors (Lipinski definition) is 0. The first-order valence-electron chi connectivity index (χ1n) is 9.72. The Morgan fingerprint density at radius 1 is 1.13 bits per heavy atom. The van der Waals surface area contributed by atoms with Gasteiger partial charge in [-0.05, 0) is 29.8 Å². The van der Waals surface area contributed by atoms with Gasteiger partial charge in [-0.15, -0.1) is 0 Å². The van der Waals surface area contributed by atoms with Gasteiger partial charge >= 0.3 is 0 Å². The van der Waals surface area contributed by atoms with Crippen LogP contribution in [0.3, 0.4) is 0 Å². The zero-order valence-electron chi connectivity index (χ0n) is 16.5. The van der Waals surface area contributed by atoms with E-state index in [-0.39, 0.29) is 11.7 Å². The Morgan fingerprint density at radius 3 is 2.52 bits per heavy atom. The van der Waals surface area contributed by atoms with Crippen molar-refractivity contribution in [3.05, 3.63) is 104 Å². The summed E-state index contributed by atoms with van der Waals surface area (Å²) in [6.45, 7) is 1.90. The maximum atomic E-state index is 11.1. The third-order valence-corrected chi connectivity index (χ3v) is 6.26. The van der Waals surface area contributed by atoms with Crippen LogP contribution in [-0.2, 0) is 5.72 Å². The predicted molar refractivity (Wildman–Crippen MR) is 120 cm³/mol. The topological polar surface area (TPSA) is 68.0 Å². The van der Waals surface area contributed by atoms with Crippen molar-refractivity contribution in [1.82, 2.24) is 5.01 Å². The van der Waals surface area contributed by atoms with Gasteiger partial charge in [0.15, 0.2) is 0 Å². The molecule has 0 fully saturated rings. The lowest BCUT2D eigenvalue weighted by molar-refractivity contribution is -0.384. The second-order valence-corrected chi connectivity index (χ2v) is 8.52. The van der Waals surface area contributed by atoms with Crippen molar-refractivity contribution in [2.75, 3.05) is 0 Å². The number of ether oxygens (including phenoxy) is 1. The summed E-state index contributed by atoms with van der Waals surface area (Å²) in [7, 11) is 0. The summed E-state index contributed by atoms with van der Waals surface area (Å²) in [5.41, 5.74) is 2.55. The molecular weight excluding hydrogens is 437 g/mol. The van der Waals surface area contributed by atoms with Crippen LogP contribution < -0.4 is 4.74 Å². The Kier molecular flexibility index (Phi) is 4.64. The Morgan fingerprint density at radius 2 is 1.84 bits per heavy atom. The summed E-state index contributed by atoms with van der Waals surface area (Å²) in [5, 5.41) is 18.9.